The van der Waals surface area contributed by atoms with Crippen LogP contribution >= 0.6 is 11.6 Å². The van der Waals surface area contributed by atoms with Crippen LogP contribution in [0.4, 0.5) is 5.82 Å². The van der Waals surface area contributed by atoms with Gasteiger partial charge in [-0.2, -0.15) is 0 Å². The lowest BCUT2D eigenvalue weighted by Crippen LogP contribution is -2.17. The van der Waals surface area contributed by atoms with E-state index in [1.807, 2.05) is 13.8 Å². The van der Waals surface area contributed by atoms with Gasteiger partial charge in [0.05, 0.1) is 12.6 Å². The molecule has 2 aromatic rings. The van der Waals surface area contributed by atoms with E-state index in [2.05, 4.69) is 9.98 Å². The molecule has 1 aromatic carbocycles. The van der Waals surface area contributed by atoms with Gasteiger partial charge >= 0.3 is 0 Å². The topological polar surface area (TPSA) is 83.7 Å². The highest BCUT2D eigenvalue weighted by molar-refractivity contribution is 6.36. The predicted molar refractivity (Wildman–Crippen MR) is 100 cm³/mol. The second-order valence-electron chi connectivity index (χ2n) is 5.60. The number of aromatic nitrogens is 1. The van der Waals surface area contributed by atoms with Gasteiger partial charge in [-0.1, -0.05) is 11.6 Å². The van der Waals surface area contributed by atoms with Crippen molar-refractivity contribution in [3.8, 4) is 5.75 Å². The monoisotopic (exact) mass is 348 g/mol. The first-order valence-corrected chi connectivity index (χ1v) is 7.85. The Bertz CT molecular complexity index is 856. The van der Waals surface area contributed by atoms with Gasteiger partial charge in [-0.15, -0.1) is 0 Å². The molecule has 0 fully saturated rings. The number of methoxy groups -OCH3 is 1. The lowest BCUT2D eigenvalue weighted by atomic mass is 10.2. The van der Waals surface area contributed by atoms with Crippen LogP contribution in [0.2, 0.25) is 5.02 Å². The molecule has 3 N–H and O–H groups in total. The number of nitrogens with two attached hydrogens (primary N) is 1. The number of fused-ring (bicyclic) bond motifs is 1. The molecule has 1 heterocycles. The fourth-order valence-electron chi connectivity index (χ4n) is 2.21. The van der Waals surface area contributed by atoms with Crippen LogP contribution in [0.3, 0.4) is 0 Å². The average Bonchev–Trinajstić information content (AvgIpc) is 2.52. The van der Waals surface area contributed by atoms with Gasteiger partial charge in [-0.05, 0) is 32.1 Å². The van der Waals surface area contributed by atoms with E-state index >= 15 is 0 Å². The van der Waals surface area contributed by atoms with E-state index in [1.165, 1.54) is 13.2 Å². The molecule has 0 aliphatic carbocycles. The summed E-state index contributed by atoms with van der Waals surface area (Å²) in [6.07, 6.45) is 3.40. The largest absolute Gasteiger partial charge is 0.495 e. The molecule has 0 aliphatic rings. The van der Waals surface area contributed by atoms with Crippen molar-refractivity contribution >= 4 is 34.2 Å². The zero-order valence-corrected chi connectivity index (χ0v) is 14.9. The first-order valence-electron chi connectivity index (χ1n) is 7.47. The third-order valence-electron chi connectivity index (χ3n) is 3.37. The molecule has 0 atom stereocenters. The van der Waals surface area contributed by atoms with Crippen molar-refractivity contribution in [1.82, 2.24) is 4.98 Å². The molecule has 0 saturated heterocycles. The van der Waals surface area contributed by atoms with Crippen molar-refractivity contribution in [1.29, 1.82) is 0 Å². The summed E-state index contributed by atoms with van der Waals surface area (Å²) in [5, 5.41) is 0.870. The first kappa shape index (κ1) is 17.9. The second kappa shape index (κ2) is 7.40. The molecule has 0 amide bonds. The predicted octanol–water partition coefficient (Wildman–Crippen LogP) is 2.91. The highest BCUT2D eigenvalue weighted by atomic mass is 35.5. The van der Waals surface area contributed by atoms with E-state index in [-0.39, 0.29) is 11.5 Å². The smallest absolute Gasteiger partial charge is 0.191 e. The molecule has 0 radical (unpaired) electrons. The van der Waals surface area contributed by atoms with Gasteiger partial charge in [0, 0.05) is 30.7 Å². The molecule has 0 unspecified atom stereocenters. The Balaban J connectivity index is 2.44. The summed E-state index contributed by atoms with van der Waals surface area (Å²) in [6.45, 7) is 3.89. The van der Waals surface area contributed by atoms with Crippen molar-refractivity contribution in [2.24, 2.45) is 10.7 Å². The minimum absolute atomic E-state index is 0.117. The number of aliphatic imine (C=N–C) groups is 1. The first-order chi connectivity index (χ1) is 11.3. The summed E-state index contributed by atoms with van der Waals surface area (Å²) >= 11 is 6.30. The number of halogens is 1. The average molecular weight is 349 g/mol. The number of ether oxygens (including phenoxy) is 1. The lowest BCUT2D eigenvalue weighted by molar-refractivity contribution is 0.415. The van der Waals surface area contributed by atoms with E-state index < -0.39 is 0 Å². The van der Waals surface area contributed by atoms with Gasteiger partial charge in [0.25, 0.3) is 0 Å². The summed E-state index contributed by atoms with van der Waals surface area (Å²) < 4.78 is 5.20. The second-order valence-corrected chi connectivity index (χ2v) is 5.98. The molecular weight excluding hydrogens is 328 g/mol. The van der Waals surface area contributed by atoms with E-state index in [9.17, 15) is 4.79 Å². The van der Waals surface area contributed by atoms with Gasteiger partial charge in [-0.25, -0.2) is 0 Å². The maximum absolute atomic E-state index is 12.3. The van der Waals surface area contributed by atoms with Crippen molar-refractivity contribution in [3.63, 3.8) is 0 Å². The summed E-state index contributed by atoms with van der Waals surface area (Å²) in [5.41, 5.74) is 6.21. The SMILES string of the molecule is COc1ccc2c(=O)cc(N(C)/C=C\C(N)=NC(C)C)[nH]c2c1Cl. The normalized spacial score (nSPS) is 12.3. The zero-order chi connectivity index (χ0) is 17.9. The molecule has 7 heteroatoms. The molecule has 0 spiro atoms. The van der Waals surface area contributed by atoms with Crippen molar-refractivity contribution in [3.05, 3.63) is 45.7 Å². The maximum atomic E-state index is 12.3. The van der Waals surface area contributed by atoms with Crippen LogP contribution in [0.15, 0.2) is 40.3 Å². The Hall–Kier alpha value is -2.47. The molecule has 0 aliphatic heterocycles. The molecule has 0 bridgehead atoms. The van der Waals surface area contributed by atoms with Gasteiger partial charge < -0.3 is 20.4 Å². The summed E-state index contributed by atoms with van der Waals surface area (Å²) in [7, 11) is 3.32. The van der Waals surface area contributed by atoms with Crippen molar-refractivity contribution in [2.45, 2.75) is 19.9 Å². The Labute approximate surface area is 145 Å². The fourth-order valence-corrected chi connectivity index (χ4v) is 2.50. The van der Waals surface area contributed by atoms with Crippen LogP contribution in [-0.4, -0.2) is 31.0 Å². The number of benzene rings is 1. The highest BCUT2D eigenvalue weighted by Gasteiger charge is 2.11. The number of amidine groups is 1. The number of hydrogen-bond acceptors (Lipinski definition) is 4. The van der Waals surface area contributed by atoms with Crippen LogP contribution in [0.1, 0.15) is 13.8 Å². The number of pyridine rings is 1. The number of H-pyrrole nitrogens is 1. The molecule has 1 aromatic heterocycles. The Kier molecular flexibility index (Phi) is 5.51. The van der Waals surface area contributed by atoms with E-state index in [1.54, 1.807) is 36.4 Å². The number of aromatic amines is 1. The van der Waals surface area contributed by atoms with Crippen LogP contribution in [-0.2, 0) is 0 Å². The number of nitrogens with zero attached hydrogens (tertiary/aromatic N) is 2. The highest BCUT2D eigenvalue weighted by Crippen LogP contribution is 2.31. The Morgan fingerprint density at radius 2 is 2.17 bits per heavy atom. The molecule has 6 nitrogen and oxygen atoms in total. The van der Waals surface area contributed by atoms with Gasteiger partial charge in [0.2, 0.25) is 0 Å². The van der Waals surface area contributed by atoms with Crippen molar-refractivity contribution < 1.29 is 4.74 Å². The van der Waals surface area contributed by atoms with Crippen LogP contribution < -0.4 is 20.8 Å². The van der Waals surface area contributed by atoms with Crippen LogP contribution in [0, 0.1) is 0 Å². The van der Waals surface area contributed by atoms with E-state index in [4.69, 9.17) is 22.1 Å². The van der Waals surface area contributed by atoms with Gasteiger partial charge in [0.1, 0.15) is 22.4 Å². The van der Waals surface area contributed by atoms with Crippen LogP contribution in [0.5, 0.6) is 5.75 Å². The minimum atomic E-state index is -0.132. The molecule has 0 saturated carbocycles. The van der Waals surface area contributed by atoms with Crippen molar-refractivity contribution in [2.75, 3.05) is 19.1 Å². The third kappa shape index (κ3) is 3.89. The number of hydrogen-bond donors (Lipinski definition) is 2. The zero-order valence-electron chi connectivity index (χ0n) is 14.1. The molecular formula is C17H21ClN4O2. The quantitative estimate of drug-likeness (QED) is 0.642. The molecule has 2 rings (SSSR count). The third-order valence-corrected chi connectivity index (χ3v) is 3.74. The van der Waals surface area contributed by atoms with E-state index in [0.29, 0.717) is 33.3 Å². The van der Waals surface area contributed by atoms with Gasteiger partial charge in [0.15, 0.2) is 5.43 Å². The fraction of sp³-hybridized carbons (Fsp3) is 0.294. The number of nitrogens with one attached hydrogen (secondary N) is 1. The Morgan fingerprint density at radius 1 is 1.46 bits per heavy atom. The molecule has 128 valence electrons. The number of rotatable bonds is 5. The summed E-state index contributed by atoms with van der Waals surface area (Å²) in [5.74, 6) is 1.50. The van der Waals surface area contributed by atoms with Gasteiger partial charge in [-0.3, -0.25) is 9.79 Å². The molecule has 24 heavy (non-hydrogen) atoms. The Morgan fingerprint density at radius 3 is 2.79 bits per heavy atom. The summed E-state index contributed by atoms with van der Waals surface area (Å²) in [6, 6.07) is 4.98. The van der Waals surface area contributed by atoms with Crippen LogP contribution in [0.25, 0.3) is 10.9 Å². The van der Waals surface area contributed by atoms with E-state index in [0.717, 1.165) is 0 Å². The summed E-state index contributed by atoms with van der Waals surface area (Å²) in [4.78, 5) is 21.4. The standard InChI is InChI=1S/C17H21ClN4O2/c1-10(2)20-14(19)7-8-22(3)15-9-12(23)11-5-6-13(24-4)16(18)17(11)21-15/h5-10H,1-4H3,(H2,19,20)(H,21,23)/b8-7-. The lowest BCUT2D eigenvalue weighted by Gasteiger charge is -2.15. The minimum Gasteiger partial charge on any atom is -0.495 e. The number of anilines is 1. The maximum Gasteiger partial charge on any atom is 0.191 e.